The topological polar surface area (TPSA) is 0 Å². The van der Waals surface area contributed by atoms with Crippen LogP contribution in [0.25, 0.3) is 16.8 Å². The third kappa shape index (κ3) is 1.78. The van der Waals surface area contributed by atoms with Gasteiger partial charge in [-0.3, -0.25) is 0 Å². The van der Waals surface area contributed by atoms with Crippen LogP contribution in [0.15, 0.2) is 55.1 Å². The first kappa shape index (κ1) is 11.3. The predicted octanol–water partition coefficient (Wildman–Crippen LogP) is 5.16. The van der Waals surface area contributed by atoms with Gasteiger partial charge in [-0.05, 0) is 34.2 Å². The minimum Gasteiger partial charge on any atom is -0.103 e. The van der Waals surface area contributed by atoms with Crippen LogP contribution in [0.5, 0.6) is 0 Å². The van der Waals surface area contributed by atoms with Gasteiger partial charge in [-0.2, -0.15) is 0 Å². The maximum absolute atomic E-state index is 3.90. The van der Waals surface area contributed by atoms with E-state index in [2.05, 4.69) is 68.1 Å². The van der Waals surface area contributed by atoms with Crippen molar-refractivity contribution in [2.45, 2.75) is 19.3 Å². The molecule has 2 atom stereocenters. The summed E-state index contributed by atoms with van der Waals surface area (Å²) in [5.74, 6) is 1.08. The number of allylic oxidation sites excluding steroid dienone is 2. The van der Waals surface area contributed by atoms with Crippen LogP contribution in [-0.2, 0) is 0 Å². The summed E-state index contributed by atoms with van der Waals surface area (Å²) in [6.45, 7) is 6.13. The van der Waals surface area contributed by atoms with Gasteiger partial charge in [0, 0.05) is 5.92 Å². The van der Waals surface area contributed by atoms with Crippen LogP contribution in [0, 0.1) is 5.92 Å². The van der Waals surface area contributed by atoms with Gasteiger partial charge in [0.15, 0.2) is 0 Å². The molecule has 18 heavy (non-hydrogen) atoms. The van der Waals surface area contributed by atoms with Gasteiger partial charge in [0.05, 0.1) is 0 Å². The molecular weight excluding hydrogens is 216 g/mol. The highest BCUT2D eigenvalue weighted by molar-refractivity contribution is 5.95. The molecule has 2 aromatic carbocycles. The van der Waals surface area contributed by atoms with Crippen molar-refractivity contribution in [1.82, 2.24) is 0 Å². The molecule has 2 unspecified atom stereocenters. The van der Waals surface area contributed by atoms with Gasteiger partial charge in [0.1, 0.15) is 0 Å². The molecule has 0 saturated heterocycles. The van der Waals surface area contributed by atoms with E-state index in [9.17, 15) is 0 Å². The van der Waals surface area contributed by atoms with Gasteiger partial charge in [0.2, 0.25) is 0 Å². The summed E-state index contributed by atoms with van der Waals surface area (Å²) in [7, 11) is 0. The average molecular weight is 234 g/mol. The van der Waals surface area contributed by atoms with Crippen molar-refractivity contribution in [1.29, 1.82) is 0 Å². The minimum absolute atomic E-state index is 0.525. The van der Waals surface area contributed by atoms with Gasteiger partial charge < -0.3 is 0 Å². The first-order valence-electron chi connectivity index (χ1n) is 6.62. The van der Waals surface area contributed by atoms with Crippen LogP contribution in [-0.4, -0.2) is 0 Å². The zero-order chi connectivity index (χ0) is 12.5. The summed E-state index contributed by atoms with van der Waals surface area (Å²) in [6, 6.07) is 13.2. The van der Waals surface area contributed by atoms with Crippen molar-refractivity contribution in [3.8, 4) is 0 Å². The number of hydrogen-bond donors (Lipinski definition) is 0. The largest absolute Gasteiger partial charge is 0.103 e. The molecule has 0 nitrogen and oxygen atoms in total. The number of rotatable bonds is 3. The summed E-state index contributed by atoms with van der Waals surface area (Å²) in [5.41, 5.74) is 2.82. The molecule has 0 radical (unpaired) electrons. The van der Waals surface area contributed by atoms with Crippen LogP contribution in [0.1, 0.15) is 30.4 Å². The Kier molecular flexibility index (Phi) is 2.79. The second-order valence-electron chi connectivity index (χ2n) is 5.21. The lowest BCUT2D eigenvalue weighted by molar-refractivity contribution is 0.604. The summed E-state index contributed by atoms with van der Waals surface area (Å²) in [4.78, 5) is 0. The fraction of sp³-hybridized carbons (Fsp3) is 0.222. The summed E-state index contributed by atoms with van der Waals surface area (Å²) in [5, 5.41) is 2.79. The van der Waals surface area contributed by atoms with Crippen molar-refractivity contribution in [2.75, 3.05) is 0 Å². The molecule has 90 valence electrons. The Labute approximate surface area is 109 Å². The molecule has 0 aliphatic heterocycles. The van der Waals surface area contributed by atoms with Gasteiger partial charge >= 0.3 is 0 Å². The Morgan fingerprint density at radius 2 is 2.00 bits per heavy atom. The van der Waals surface area contributed by atoms with E-state index in [0.29, 0.717) is 11.8 Å². The smallest absolute Gasteiger partial charge is 0.00331 e. The fourth-order valence-electron chi connectivity index (χ4n) is 2.87. The standard InChI is InChI=1S/C18H18/c1-3-13(2)12-16-11-10-15-7-4-6-14-8-5-9-17(16)18(14)15/h3-11,13,16H,1,12H2,2H3. The zero-order valence-corrected chi connectivity index (χ0v) is 10.8. The van der Waals surface area contributed by atoms with Crippen molar-refractivity contribution in [3.05, 3.63) is 66.3 Å². The third-order valence-electron chi connectivity index (χ3n) is 3.90. The van der Waals surface area contributed by atoms with Crippen molar-refractivity contribution >= 4 is 16.8 Å². The van der Waals surface area contributed by atoms with Crippen LogP contribution < -0.4 is 0 Å². The second-order valence-corrected chi connectivity index (χ2v) is 5.21. The molecule has 0 N–H and O–H groups in total. The fourth-order valence-corrected chi connectivity index (χ4v) is 2.87. The Balaban J connectivity index is 2.13. The SMILES string of the molecule is C=CC(C)CC1C=Cc2cccc3cccc1c23. The van der Waals surface area contributed by atoms with Gasteiger partial charge in [0.25, 0.3) is 0 Å². The average Bonchev–Trinajstić information content (AvgIpc) is 2.42. The highest BCUT2D eigenvalue weighted by atomic mass is 14.2. The lowest BCUT2D eigenvalue weighted by Gasteiger charge is -2.22. The van der Waals surface area contributed by atoms with E-state index in [1.807, 2.05) is 0 Å². The van der Waals surface area contributed by atoms with Crippen molar-refractivity contribution < 1.29 is 0 Å². The number of hydrogen-bond acceptors (Lipinski definition) is 0. The highest BCUT2D eigenvalue weighted by Crippen LogP contribution is 2.37. The normalized spacial score (nSPS) is 18.8. The third-order valence-corrected chi connectivity index (χ3v) is 3.90. The summed E-state index contributed by atoms with van der Waals surface area (Å²) < 4.78 is 0. The molecule has 0 saturated carbocycles. The predicted molar refractivity (Wildman–Crippen MR) is 79.7 cm³/mol. The molecule has 1 aliphatic rings. The molecule has 0 fully saturated rings. The quantitative estimate of drug-likeness (QED) is 0.643. The molecule has 1 aliphatic carbocycles. The number of benzene rings is 2. The van der Waals surface area contributed by atoms with Crippen LogP contribution in [0.3, 0.4) is 0 Å². The van der Waals surface area contributed by atoms with E-state index in [1.54, 1.807) is 0 Å². The first-order chi connectivity index (χ1) is 8.79. The van der Waals surface area contributed by atoms with Gasteiger partial charge in [-0.25, -0.2) is 0 Å². The summed E-state index contributed by atoms with van der Waals surface area (Å²) in [6.07, 6.45) is 7.81. The summed E-state index contributed by atoms with van der Waals surface area (Å²) >= 11 is 0. The molecule has 0 spiro atoms. The Hall–Kier alpha value is -1.82. The first-order valence-corrected chi connectivity index (χ1v) is 6.62. The molecule has 0 amide bonds. The van der Waals surface area contributed by atoms with Crippen LogP contribution >= 0.6 is 0 Å². The van der Waals surface area contributed by atoms with E-state index in [0.717, 1.165) is 6.42 Å². The van der Waals surface area contributed by atoms with E-state index in [-0.39, 0.29) is 0 Å². The molecule has 0 bridgehead atoms. The maximum Gasteiger partial charge on any atom is 0.00331 e. The Bertz CT molecular complexity index is 614. The van der Waals surface area contributed by atoms with Crippen molar-refractivity contribution in [3.63, 3.8) is 0 Å². The molecule has 0 heteroatoms. The molecule has 2 aromatic rings. The monoisotopic (exact) mass is 234 g/mol. The van der Waals surface area contributed by atoms with Gasteiger partial charge in [-0.1, -0.05) is 61.5 Å². The molecule has 3 rings (SSSR count). The van der Waals surface area contributed by atoms with Crippen LogP contribution in [0.2, 0.25) is 0 Å². The van der Waals surface area contributed by atoms with E-state index in [1.165, 1.54) is 21.9 Å². The minimum atomic E-state index is 0.525. The van der Waals surface area contributed by atoms with E-state index in [4.69, 9.17) is 0 Å². The second kappa shape index (κ2) is 4.45. The van der Waals surface area contributed by atoms with E-state index >= 15 is 0 Å². The maximum atomic E-state index is 3.90. The van der Waals surface area contributed by atoms with E-state index < -0.39 is 0 Å². The molecule has 0 heterocycles. The lowest BCUT2D eigenvalue weighted by Crippen LogP contribution is -2.05. The molecule has 0 aromatic heterocycles. The Morgan fingerprint density at radius 1 is 1.22 bits per heavy atom. The molecular formula is C18H18. The van der Waals surface area contributed by atoms with Gasteiger partial charge in [-0.15, -0.1) is 6.58 Å². The van der Waals surface area contributed by atoms with Crippen LogP contribution in [0.4, 0.5) is 0 Å². The Morgan fingerprint density at radius 3 is 2.78 bits per heavy atom. The van der Waals surface area contributed by atoms with Crippen molar-refractivity contribution in [2.24, 2.45) is 5.92 Å². The highest BCUT2D eigenvalue weighted by Gasteiger charge is 2.18. The zero-order valence-electron chi connectivity index (χ0n) is 10.8. The lowest BCUT2D eigenvalue weighted by atomic mass is 9.82.